The number of ether oxygens (including phenoxy) is 2. The van der Waals surface area contributed by atoms with Crippen LogP contribution in [-0.2, 0) is 11.3 Å². The van der Waals surface area contributed by atoms with Gasteiger partial charge in [0.15, 0.2) is 0 Å². The van der Waals surface area contributed by atoms with E-state index in [-0.39, 0.29) is 6.10 Å². The van der Waals surface area contributed by atoms with E-state index in [0.29, 0.717) is 18.3 Å². The molecular formula is C27H31N5O3. The zero-order valence-electron chi connectivity index (χ0n) is 20.1. The topological polar surface area (TPSA) is 96.3 Å². The van der Waals surface area contributed by atoms with Crippen molar-refractivity contribution in [2.75, 3.05) is 17.7 Å². The van der Waals surface area contributed by atoms with Gasteiger partial charge in [-0.25, -0.2) is 9.78 Å². The number of nitrogens with two attached hydrogens (primary N) is 1. The number of nitrogen functional groups attached to an aromatic ring is 1. The number of aromatic nitrogens is 3. The van der Waals surface area contributed by atoms with Crippen LogP contribution < -0.4 is 15.8 Å². The number of rotatable bonds is 8. The molecule has 4 aromatic rings. The Balaban J connectivity index is 1.43. The second kappa shape index (κ2) is 9.74. The largest absolute Gasteiger partial charge is 0.492 e. The maximum atomic E-state index is 11.9. The highest BCUT2D eigenvalue weighted by Gasteiger charge is 2.27. The van der Waals surface area contributed by atoms with Gasteiger partial charge >= 0.3 is 6.09 Å². The van der Waals surface area contributed by atoms with E-state index in [2.05, 4.69) is 20.9 Å². The third-order valence-corrected chi connectivity index (χ3v) is 6.38. The molecule has 2 aromatic carbocycles. The van der Waals surface area contributed by atoms with Gasteiger partial charge in [0, 0.05) is 41.1 Å². The SMILES string of the molecule is CC(C)OC(=O)Nc1ccc(-c2c(N)c3ccc(OCCn4ccnc4)cc3n2C2CCC2)cc1. The summed E-state index contributed by atoms with van der Waals surface area (Å²) in [4.78, 5) is 16.0. The number of nitrogens with one attached hydrogen (secondary N) is 1. The summed E-state index contributed by atoms with van der Waals surface area (Å²) in [6, 6.07) is 14.3. The smallest absolute Gasteiger partial charge is 0.411 e. The van der Waals surface area contributed by atoms with E-state index in [4.69, 9.17) is 15.2 Å². The van der Waals surface area contributed by atoms with Gasteiger partial charge in [-0.1, -0.05) is 12.1 Å². The van der Waals surface area contributed by atoms with Crippen molar-refractivity contribution in [2.24, 2.45) is 0 Å². The van der Waals surface area contributed by atoms with Crippen molar-refractivity contribution >= 4 is 28.4 Å². The van der Waals surface area contributed by atoms with Crippen LogP contribution in [0.1, 0.15) is 39.2 Å². The van der Waals surface area contributed by atoms with Crippen LogP contribution >= 0.6 is 0 Å². The molecule has 1 fully saturated rings. The van der Waals surface area contributed by atoms with Crippen molar-refractivity contribution in [3.8, 4) is 17.0 Å². The van der Waals surface area contributed by atoms with Gasteiger partial charge < -0.3 is 24.3 Å². The summed E-state index contributed by atoms with van der Waals surface area (Å²) in [5.74, 6) is 0.824. The van der Waals surface area contributed by atoms with Gasteiger partial charge in [-0.15, -0.1) is 0 Å². The van der Waals surface area contributed by atoms with Crippen molar-refractivity contribution in [2.45, 2.75) is 51.8 Å². The number of amides is 1. The summed E-state index contributed by atoms with van der Waals surface area (Å²) in [6.45, 7) is 4.93. The highest BCUT2D eigenvalue weighted by Crippen LogP contribution is 2.44. The Morgan fingerprint density at radius 2 is 2.00 bits per heavy atom. The second-order valence-corrected chi connectivity index (χ2v) is 9.20. The fourth-order valence-electron chi connectivity index (χ4n) is 4.49. The number of benzene rings is 2. The summed E-state index contributed by atoms with van der Waals surface area (Å²) in [5.41, 5.74) is 11.3. The van der Waals surface area contributed by atoms with Gasteiger partial charge in [-0.05, 0) is 57.4 Å². The van der Waals surface area contributed by atoms with E-state index in [1.54, 1.807) is 12.5 Å². The number of anilines is 2. The first kappa shape index (κ1) is 22.8. The summed E-state index contributed by atoms with van der Waals surface area (Å²) >= 11 is 0. The predicted molar refractivity (Wildman–Crippen MR) is 138 cm³/mol. The molecule has 0 unspecified atom stereocenters. The highest BCUT2D eigenvalue weighted by atomic mass is 16.6. The zero-order valence-corrected chi connectivity index (χ0v) is 20.1. The maximum Gasteiger partial charge on any atom is 0.411 e. The first-order chi connectivity index (χ1) is 17.0. The van der Waals surface area contributed by atoms with E-state index in [0.717, 1.165) is 53.0 Å². The molecule has 0 spiro atoms. The quantitative estimate of drug-likeness (QED) is 0.335. The number of nitrogens with zero attached hydrogens (tertiary/aromatic N) is 3. The monoisotopic (exact) mass is 473 g/mol. The first-order valence-electron chi connectivity index (χ1n) is 12.1. The van der Waals surface area contributed by atoms with Gasteiger partial charge in [-0.2, -0.15) is 0 Å². The molecule has 0 bridgehead atoms. The van der Waals surface area contributed by atoms with E-state index in [9.17, 15) is 4.79 Å². The molecule has 0 radical (unpaired) electrons. The van der Waals surface area contributed by atoms with Crippen LogP contribution in [-0.4, -0.2) is 32.9 Å². The number of hydrogen-bond donors (Lipinski definition) is 2. The molecule has 0 saturated heterocycles. The Labute approximate surface area is 204 Å². The normalized spacial score (nSPS) is 13.7. The Hall–Kier alpha value is -3.94. The summed E-state index contributed by atoms with van der Waals surface area (Å²) in [6.07, 6.45) is 8.31. The van der Waals surface area contributed by atoms with E-state index >= 15 is 0 Å². The van der Waals surface area contributed by atoms with E-state index in [1.165, 1.54) is 6.42 Å². The average molecular weight is 474 g/mol. The summed E-state index contributed by atoms with van der Waals surface area (Å²) in [5, 5.41) is 3.79. The van der Waals surface area contributed by atoms with Crippen LogP contribution in [0, 0.1) is 0 Å². The van der Waals surface area contributed by atoms with Crippen LogP contribution in [0.4, 0.5) is 16.2 Å². The van der Waals surface area contributed by atoms with Crippen molar-refractivity contribution in [3.63, 3.8) is 0 Å². The van der Waals surface area contributed by atoms with Gasteiger partial charge in [0.25, 0.3) is 0 Å². The van der Waals surface area contributed by atoms with Gasteiger partial charge in [-0.3, -0.25) is 5.32 Å². The van der Waals surface area contributed by atoms with E-state index in [1.807, 2.05) is 61.0 Å². The van der Waals surface area contributed by atoms with Crippen LogP contribution in [0.5, 0.6) is 5.75 Å². The molecule has 2 aromatic heterocycles. The minimum Gasteiger partial charge on any atom is -0.492 e. The average Bonchev–Trinajstić information content (AvgIpc) is 3.40. The number of carbonyl (C=O) groups excluding carboxylic acids is 1. The molecule has 1 aliphatic carbocycles. The predicted octanol–water partition coefficient (Wildman–Crippen LogP) is 5.85. The molecule has 0 atom stereocenters. The number of carbonyl (C=O) groups is 1. The third kappa shape index (κ3) is 4.82. The minimum absolute atomic E-state index is 0.174. The van der Waals surface area contributed by atoms with Gasteiger partial charge in [0.1, 0.15) is 12.4 Å². The van der Waals surface area contributed by atoms with Crippen molar-refractivity contribution in [3.05, 3.63) is 61.2 Å². The standard InChI is InChI=1S/C27H31N5O3/c1-18(2)35-27(33)30-20-8-6-19(7-9-20)26-25(28)23-11-10-22(34-15-14-31-13-12-29-17-31)16-24(23)32(26)21-4-3-5-21/h6-13,16-18,21H,3-5,14-15,28H2,1-2H3,(H,30,33). The van der Waals surface area contributed by atoms with E-state index < -0.39 is 6.09 Å². The van der Waals surface area contributed by atoms with Crippen molar-refractivity contribution in [1.29, 1.82) is 0 Å². The fourth-order valence-corrected chi connectivity index (χ4v) is 4.49. The number of hydrogen-bond acceptors (Lipinski definition) is 5. The highest BCUT2D eigenvalue weighted by molar-refractivity contribution is 6.01. The second-order valence-electron chi connectivity index (χ2n) is 9.20. The van der Waals surface area contributed by atoms with Crippen LogP contribution in [0.3, 0.4) is 0 Å². The lowest BCUT2D eigenvalue weighted by molar-refractivity contribution is 0.130. The zero-order chi connectivity index (χ0) is 24.4. The molecule has 3 N–H and O–H groups in total. The molecule has 1 aliphatic rings. The Morgan fingerprint density at radius 1 is 1.20 bits per heavy atom. The van der Waals surface area contributed by atoms with Crippen molar-refractivity contribution < 1.29 is 14.3 Å². The fraction of sp³-hybridized carbons (Fsp3) is 0.333. The molecule has 1 saturated carbocycles. The van der Waals surface area contributed by atoms with Crippen molar-refractivity contribution in [1.82, 2.24) is 14.1 Å². The lowest BCUT2D eigenvalue weighted by Gasteiger charge is -2.30. The molecule has 8 heteroatoms. The number of fused-ring (bicyclic) bond motifs is 1. The third-order valence-electron chi connectivity index (χ3n) is 6.38. The van der Waals surface area contributed by atoms with Gasteiger partial charge in [0.05, 0.1) is 35.9 Å². The molecular weight excluding hydrogens is 442 g/mol. The lowest BCUT2D eigenvalue weighted by atomic mass is 9.92. The molecule has 182 valence electrons. The molecule has 1 amide bonds. The molecule has 8 nitrogen and oxygen atoms in total. The Bertz CT molecular complexity index is 1310. The summed E-state index contributed by atoms with van der Waals surface area (Å²) < 4.78 is 15.6. The Kier molecular flexibility index (Phi) is 6.35. The minimum atomic E-state index is -0.462. The Morgan fingerprint density at radius 3 is 2.66 bits per heavy atom. The lowest BCUT2D eigenvalue weighted by Crippen LogP contribution is -2.18. The molecule has 0 aliphatic heterocycles. The van der Waals surface area contributed by atoms with Crippen LogP contribution in [0.25, 0.3) is 22.2 Å². The summed E-state index contributed by atoms with van der Waals surface area (Å²) in [7, 11) is 0. The molecule has 35 heavy (non-hydrogen) atoms. The first-order valence-corrected chi connectivity index (χ1v) is 12.1. The molecule has 2 heterocycles. The maximum absolute atomic E-state index is 11.9. The number of imidazole rings is 1. The van der Waals surface area contributed by atoms with Gasteiger partial charge in [0.2, 0.25) is 0 Å². The van der Waals surface area contributed by atoms with Crippen LogP contribution in [0.15, 0.2) is 61.2 Å². The molecule has 5 rings (SSSR count). The van der Waals surface area contributed by atoms with Crippen LogP contribution in [0.2, 0.25) is 0 Å².